The molecule has 0 atom stereocenters. The van der Waals surface area contributed by atoms with E-state index in [1.807, 2.05) is 0 Å². The standard InChI is InChI=1S/Al.H4O7P2.Zr.3H/c;1-8(2,3)7-9(4,5)6;;;;/h;(H2,1,2,3)(H2,4,5,6);;;;. The van der Waals surface area contributed by atoms with Crippen LogP contribution in [0.1, 0.15) is 0 Å². The van der Waals surface area contributed by atoms with Crippen molar-refractivity contribution in [3.05, 3.63) is 0 Å². The molecule has 7 nitrogen and oxygen atoms in total. The third-order valence-corrected chi connectivity index (χ3v) is 1.91. The van der Waals surface area contributed by atoms with Gasteiger partial charge in [-0.2, -0.15) is 4.31 Å². The van der Waals surface area contributed by atoms with Gasteiger partial charge in [-0.3, -0.25) is 0 Å². The number of hydrogen-bond acceptors (Lipinski definition) is 3. The summed E-state index contributed by atoms with van der Waals surface area (Å²) < 4.78 is 22.2. The van der Waals surface area contributed by atoms with Crippen molar-refractivity contribution < 1.29 is 59.2 Å². The molecular weight excluding hydrogens is 292 g/mol. The van der Waals surface area contributed by atoms with Crippen molar-refractivity contribution in [3.63, 3.8) is 0 Å². The Kier molecular flexibility index (Phi) is 10.4. The summed E-state index contributed by atoms with van der Waals surface area (Å²) in [5.41, 5.74) is 0. The van der Waals surface area contributed by atoms with Gasteiger partial charge in [0.1, 0.15) is 0 Å². The van der Waals surface area contributed by atoms with Crippen LogP contribution in [0.5, 0.6) is 0 Å². The molecule has 0 aliphatic rings. The molecule has 66 valence electrons. The topological polar surface area (TPSA) is 124 Å². The van der Waals surface area contributed by atoms with Crippen molar-refractivity contribution in [1.29, 1.82) is 0 Å². The van der Waals surface area contributed by atoms with Crippen LogP contribution in [-0.4, -0.2) is 36.9 Å². The normalized spacial score (nSPS) is 11.3. The van der Waals surface area contributed by atoms with E-state index in [2.05, 4.69) is 4.31 Å². The fourth-order valence-electron chi connectivity index (χ4n) is 0.139. The molecule has 0 amide bonds. The van der Waals surface area contributed by atoms with Gasteiger partial charge in [0.2, 0.25) is 0 Å². The minimum absolute atomic E-state index is 0. The van der Waals surface area contributed by atoms with E-state index in [0.717, 1.165) is 0 Å². The number of hydrogen-bond donors (Lipinski definition) is 4. The summed E-state index contributed by atoms with van der Waals surface area (Å²) in [6.07, 6.45) is 0. The molecule has 0 heterocycles. The largest absolute Gasteiger partial charge is 0.478 e. The predicted octanol–water partition coefficient (Wildman–Crippen LogP) is -2.00. The Hall–Kier alpha value is 1.68. The van der Waals surface area contributed by atoms with Crippen molar-refractivity contribution in [3.8, 4) is 0 Å². The van der Waals surface area contributed by atoms with E-state index in [0.29, 0.717) is 0 Å². The average Bonchev–Trinajstić information content (AvgIpc) is 1.14. The van der Waals surface area contributed by atoms with Crippen molar-refractivity contribution in [1.82, 2.24) is 0 Å². The molecule has 0 radical (unpaired) electrons. The third kappa shape index (κ3) is 18.6. The number of rotatable bonds is 2. The summed E-state index contributed by atoms with van der Waals surface area (Å²) in [7, 11) is -10.1. The molecule has 0 fully saturated rings. The Morgan fingerprint density at radius 1 is 0.909 bits per heavy atom. The summed E-state index contributed by atoms with van der Waals surface area (Å²) in [5, 5.41) is 0. The van der Waals surface area contributed by atoms with Gasteiger partial charge in [0.05, 0.1) is 0 Å². The van der Waals surface area contributed by atoms with Gasteiger partial charge in [0, 0.05) is 26.2 Å². The Morgan fingerprint density at radius 2 is 1.09 bits per heavy atom. The molecule has 0 aliphatic carbocycles. The van der Waals surface area contributed by atoms with Crippen molar-refractivity contribution in [2.75, 3.05) is 0 Å². The van der Waals surface area contributed by atoms with E-state index in [1.54, 1.807) is 0 Å². The second kappa shape index (κ2) is 6.18. The van der Waals surface area contributed by atoms with Gasteiger partial charge in [-0.25, -0.2) is 9.13 Å². The molecule has 0 rings (SSSR count). The van der Waals surface area contributed by atoms with Gasteiger partial charge in [0.15, 0.2) is 17.4 Å². The molecule has 0 bridgehead atoms. The van der Waals surface area contributed by atoms with E-state index in [-0.39, 0.29) is 43.6 Å². The molecule has 0 saturated carbocycles. The molecule has 0 saturated heterocycles. The van der Waals surface area contributed by atoms with Gasteiger partial charge in [-0.15, -0.1) is 0 Å². The van der Waals surface area contributed by atoms with E-state index in [4.69, 9.17) is 19.6 Å². The summed E-state index contributed by atoms with van der Waals surface area (Å²) in [5.74, 6) is 0. The van der Waals surface area contributed by atoms with Crippen LogP contribution in [0.25, 0.3) is 0 Å². The third-order valence-electron chi connectivity index (χ3n) is 0.213. The van der Waals surface area contributed by atoms with E-state index in [1.165, 1.54) is 0 Å². The summed E-state index contributed by atoms with van der Waals surface area (Å²) in [6.45, 7) is 0. The van der Waals surface area contributed by atoms with Crippen LogP contribution >= 0.6 is 15.6 Å². The zero-order chi connectivity index (χ0) is 7.71. The first-order valence-corrected chi connectivity index (χ1v) is 4.59. The Labute approximate surface area is 91.9 Å². The first-order valence-electron chi connectivity index (χ1n) is 1.53. The molecule has 11 heteroatoms. The minimum atomic E-state index is -5.05. The van der Waals surface area contributed by atoms with Gasteiger partial charge < -0.3 is 19.6 Å². The number of phosphoric acid groups is 2. The van der Waals surface area contributed by atoms with Gasteiger partial charge in [-0.05, 0) is 0 Å². The smallest absolute Gasteiger partial charge is 0.302 e. The van der Waals surface area contributed by atoms with Gasteiger partial charge in [-0.1, -0.05) is 0 Å². The summed E-state index contributed by atoms with van der Waals surface area (Å²) in [4.78, 5) is 31.0. The SMILES string of the molecule is O=P(O)(O)OP(=O)(O)O.[AlH3].[Zr]. The molecule has 0 aromatic carbocycles. The first-order chi connectivity index (χ1) is 3.71. The fraction of sp³-hybridized carbons (Fsp3) is 0. The maximum atomic E-state index is 9.63. The maximum Gasteiger partial charge on any atom is 0.478 e. The molecule has 0 aromatic rings. The first kappa shape index (κ1) is 18.5. The van der Waals surface area contributed by atoms with Crippen molar-refractivity contribution in [2.24, 2.45) is 0 Å². The summed E-state index contributed by atoms with van der Waals surface area (Å²) >= 11 is 0. The van der Waals surface area contributed by atoms with Crippen LogP contribution < -0.4 is 0 Å². The molecule has 0 spiro atoms. The van der Waals surface area contributed by atoms with E-state index in [9.17, 15) is 9.13 Å². The molecule has 0 aromatic heterocycles. The van der Waals surface area contributed by atoms with Gasteiger partial charge in [0.25, 0.3) is 0 Å². The minimum Gasteiger partial charge on any atom is -0.302 e. The molecule has 11 heavy (non-hydrogen) atoms. The molecule has 0 unspecified atom stereocenters. The zero-order valence-corrected chi connectivity index (χ0v) is 8.65. The van der Waals surface area contributed by atoms with Crippen molar-refractivity contribution >= 4 is 33.0 Å². The Balaban J connectivity index is -0.000000320. The van der Waals surface area contributed by atoms with Crippen molar-refractivity contribution in [2.45, 2.75) is 0 Å². The van der Waals surface area contributed by atoms with E-state index >= 15 is 0 Å². The zero-order valence-electron chi connectivity index (χ0n) is 4.41. The second-order valence-corrected chi connectivity index (χ2v) is 3.68. The van der Waals surface area contributed by atoms with Crippen LogP contribution in [0.2, 0.25) is 0 Å². The van der Waals surface area contributed by atoms with Crippen LogP contribution in [0, 0.1) is 0 Å². The molecule has 4 N–H and O–H groups in total. The molecular formula is H7AlO7P2Zr. The van der Waals surface area contributed by atoms with Crippen LogP contribution in [-0.2, 0) is 39.6 Å². The van der Waals surface area contributed by atoms with E-state index < -0.39 is 15.6 Å². The predicted molar refractivity (Wildman–Crippen MR) is 35.1 cm³/mol. The van der Waals surface area contributed by atoms with Crippen LogP contribution in [0.4, 0.5) is 0 Å². The quantitative estimate of drug-likeness (QED) is 0.343. The Bertz CT molecular complexity index is 157. The fourth-order valence-corrected chi connectivity index (χ4v) is 1.25. The molecule has 0 aliphatic heterocycles. The average molecular weight is 299 g/mol. The van der Waals surface area contributed by atoms with Crippen LogP contribution in [0.3, 0.4) is 0 Å². The maximum absolute atomic E-state index is 9.63. The van der Waals surface area contributed by atoms with Gasteiger partial charge >= 0.3 is 15.6 Å². The second-order valence-electron chi connectivity index (χ2n) is 1.06. The van der Waals surface area contributed by atoms with Crippen LogP contribution in [0.15, 0.2) is 0 Å². The Morgan fingerprint density at radius 3 is 1.09 bits per heavy atom. The monoisotopic (exact) mass is 298 g/mol. The summed E-state index contributed by atoms with van der Waals surface area (Å²) in [6, 6.07) is 0.